The predicted octanol–water partition coefficient (Wildman–Crippen LogP) is 3.93. The van der Waals surface area contributed by atoms with Gasteiger partial charge in [-0.1, -0.05) is 37.3 Å². The topological polar surface area (TPSA) is 77.6 Å². The van der Waals surface area contributed by atoms with Crippen molar-refractivity contribution in [2.24, 2.45) is 0 Å². The molecule has 2 aromatic carbocycles. The van der Waals surface area contributed by atoms with E-state index in [0.717, 1.165) is 22.9 Å². The lowest BCUT2D eigenvalue weighted by molar-refractivity contribution is -0.144. The number of Topliss-reactive ketones (excluding diaryl/α,β-unsaturated/α-hetero) is 1. The Morgan fingerprint density at radius 1 is 0.929 bits per heavy atom. The fourth-order valence-corrected chi connectivity index (χ4v) is 2.99. The third-order valence-corrected chi connectivity index (χ3v) is 4.34. The van der Waals surface area contributed by atoms with E-state index < -0.39 is 5.97 Å². The van der Waals surface area contributed by atoms with Gasteiger partial charge in [0.25, 0.3) is 0 Å². The molecule has 0 spiro atoms. The highest BCUT2D eigenvalue weighted by molar-refractivity contribution is 6.09. The van der Waals surface area contributed by atoms with Crippen LogP contribution in [0.25, 0.3) is 10.9 Å². The Morgan fingerprint density at radius 2 is 1.68 bits per heavy atom. The number of esters is 1. The number of ether oxygens (including phenoxy) is 3. The molecule has 28 heavy (non-hydrogen) atoms. The molecule has 0 aliphatic rings. The second kappa shape index (κ2) is 9.08. The molecule has 0 atom stereocenters. The minimum atomic E-state index is -0.617. The number of aromatic amines is 1. The third-order valence-electron chi connectivity index (χ3n) is 4.34. The lowest BCUT2D eigenvalue weighted by Gasteiger charge is -2.11. The van der Waals surface area contributed by atoms with E-state index in [1.807, 2.05) is 31.2 Å². The average molecular weight is 381 g/mol. The van der Waals surface area contributed by atoms with Gasteiger partial charge >= 0.3 is 5.97 Å². The number of hydrogen-bond donors (Lipinski definition) is 1. The summed E-state index contributed by atoms with van der Waals surface area (Å²) >= 11 is 0. The first-order valence-electron chi connectivity index (χ1n) is 9.26. The number of rotatable bonds is 9. The van der Waals surface area contributed by atoms with Crippen molar-refractivity contribution in [2.75, 3.05) is 19.8 Å². The number of para-hydroxylation sites is 3. The van der Waals surface area contributed by atoms with E-state index in [0.29, 0.717) is 23.7 Å². The molecule has 1 aromatic heterocycles. The first-order chi connectivity index (χ1) is 13.6. The lowest BCUT2D eigenvalue weighted by Crippen LogP contribution is -2.19. The van der Waals surface area contributed by atoms with Crippen LogP contribution in [0.5, 0.6) is 11.5 Å². The highest BCUT2D eigenvalue weighted by Crippen LogP contribution is 2.26. The Labute approximate surface area is 163 Å². The van der Waals surface area contributed by atoms with Crippen LogP contribution >= 0.6 is 0 Å². The van der Waals surface area contributed by atoms with Crippen molar-refractivity contribution >= 4 is 22.7 Å². The van der Waals surface area contributed by atoms with Crippen LogP contribution in [0.4, 0.5) is 0 Å². The number of carbonyl (C=O) groups excluding carboxylic acids is 2. The second-order valence-corrected chi connectivity index (χ2v) is 6.15. The van der Waals surface area contributed by atoms with E-state index >= 15 is 0 Å². The molecule has 3 rings (SSSR count). The molecular weight excluding hydrogens is 358 g/mol. The molecule has 0 fully saturated rings. The van der Waals surface area contributed by atoms with E-state index in [9.17, 15) is 9.59 Å². The zero-order valence-electron chi connectivity index (χ0n) is 16.0. The SMILES string of the molecule is CCOc1ccccc1OCC(=O)OCC(=O)c1c[nH]c2c(CC)cccc12. The zero-order valence-corrected chi connectivity index (χ0v) is 16.0. The Kier molecular flexibility index (Phi) is 6.32. The number of benzene rings is 2. The fourth-order valence-electron chi connectivity index (χ4n) is 2.99. The molecule has 0 saturated heterocycles. The van der Waals surface area contributed by atoms with Crippen LogP contribution in [0.15, 0.2) is 48.7 Å². The third kappa shape index (κ3) is 4.34. The second-order valence-electron chi connectivity index (χ2n) is 6.15. The summed E-state index contributed by atoms with van der Waals surface area (Å²) in [7, 11) is 0. The molecule has 0 radical (unpaired) electrons. The van der Waals surface area contributed by atoms with Crippen LogP contribution in [-0.4, -0.2) is 36.6 Å². The summed E-state index contributed by atoms with van der Waals surface area (Å²) in [5, 5.41) is 0.835. The molecule has 146 valence electrons. The van der Waals surface area contributed by atoms with Crippen LogP contribution in [0.2, 0.25) is 0 Å². The smallest absolute Gasteiger partial charge is 0.344 e. The largest absolute Gasteiger partial charge is 0.490 e. The number of ketones is 1. The number of H-pyrrole nitrogens is 1. The van der Waals surface area contributed by atoms with Crippen molar-refractivity contribution in [1.29, 1.82) is 0 Å². The van der Waals surface area contributed by atoms with Gasteiger partial charge in [0.15, 0.2) is 24.7 Å². The first-order valence-corrected chi connectivity index (χ1v) is 9.26. The highest BCUT2D eigenvalue weighted by Gasteiger charge is 2.16. The maximum atomic E-state index is 12.5. The maximum absolute atomic E-state index is 12.5. The van der Waals surface area contributed by atoms with Gasteiger partial charge in [-0.15, -0.1) is 0 Å². The van der Waals surface area contributed by atoms with Crippen molar-refractivity contribution in [3.05, 3.63) is 59.8 Å². The van der Waals surface area contributed by atoms with Gasteiger partial charge in [-0.05, 0) is 31.0 Å². The number of carbonyl (C=O) groups is 2. The summed E-state index contributed by atoms with van der Waals surface area (Å²) in [6.45, 7) is 3.78. The standard InChI is InChI=1S/C22H23NO5/c1-3-15-8-7-9-16-17(12-23-22(15)16)18(24)13-28-21(25)14-27-20-11-6-5-10-19(20)26-4-2/h5-12,23H,3-4,13-14H2,1-2H3. The summed E-state index contributed by atoms with van der Waals surface area (Å²) in [5.74, 6) is 0.132. The van der Waals surface area contributed by atoms with Crippen molar-refractivity contribution in [1.82, 2.24) is 4.98 Å². The van der Waals surface area contributed by atoms with Crippen molar-refractivity contribution < 1.29 is 23.8 Å². The van der Waals surface area contributed by atoms with E-state index in [2.05, 4.69) is 11.9 Å². The first kappa shape index (κ1) is 19.5. The van der Waals surface area contributed by atoms with Crippen LogP contribution in [-0.2, 0) is 16.0 Å². The molecule has 1 N–H and O–H groups in total. The fraction of sp³-hybridized carbons (Fsp3) is 0.273. The Hall–Kier alpha value is -3.28. The molecule has 1 heterocycles. The molecule has 0 saturated carbocycles. The molecular formula is C22H23NO5. The summed E-state index contributed by atoms with van der Waals surface area (Å²) in [6, 6.07) is 12.9. The van der Waals surface area contributed by atoms with Crippen LogP contribution in [0.1, 0.15) is 29.8 Å². The van der Waals surface area contributed by atoms with Gasteiger partial charge in [0.1, 0.15) is 0 Å². The van der Waals surface area contributed by atoms with Crippen LogP contribution in [0.3, 0.4) is 0 Å². The van der Waals surface area contributed by atoms with Crippen molar-refractivity contribution in [2.45, 2.75) is 20.3 Å². The number of aromatic nitrogens is 1. The summed E-state index contributed by atoms with van der Waals surface area (Å²) in [6.07, 6.45) is 2.52. The van der Waals surface area contributed by atoms with Gasteiger partial charge in [-0.25, -0.2) is 4.79 Å². The molecule has 6 nitrogen and oxygen atoms in total. The van der Waals surface area contributed by atoms with E-state index in [4.69, 9.17) is 14.2 Å². The van der Waals surface area contributed by atoms with Gasteiger partial charge in [-0.2, -0.15) is 0 Å². The molecule has 0 aliphatic carbocycles. The number of fused-ring (bicyclic) bond motifs is 1. The minimum Gasteiger partial charge on any atom is -0.490 e. The quantitative estimate of drug-likeness (QED) is 0.449. The number of nitrogens with one attached hydrogen (secondary N) is 1. The Bertz CT molecular complexity index is 976. The lowest BCUT2D eigenvalue weighted by atomic mass is 10.1. The molecule has 0 bridgehead atoms. The van der Waals surface area contributed by atoms with E-state index in [1.54, 1.807) is 24.4 Å². The van der Waals surface area contributed by atoms with Gasteiger partial charge < -0.3 is 19.2 Å². The highest BCUT2D eigenvalue weighted by atomic mass is 16.6. The molecule has 0 aliphatic heterocycles. The monoisotopic (exact) mass is 381 g/mol. The van der Waals surface area contributed by atoms with Gasteiger partial charge in [0.05, 0.1) is 6.61 Å². The van der Waals surface area contributed by atoms with Crippen molar-refractivity contribution in [3.8, 4) is 11.5 Å². The Morgan fingerprint density at radius 3 is 2.39 bits per heavy atom. The molecule has 3 aromatic rings. The van der Waals surface area contributed by atoms with Crippen LogP contribution < -0.4 is 9.47 Å². The molecule has 6 heteroatoms. The van der Waals surface area contributed by atoms with Crippen LogP contribution in [0, 0.1) is 0 Å². The summed E-state index contributed by atoms with van der Waals surface area (Å²) in [4.78, 5) is 27.6. The normalized spacial score (nSPS) is 10.6. The number of hydrogen-bond acceptors (Lipinski definition) is 5. The number of aryl methyl sites for hydroxylation is 1. The summed E-state index contributed by atoms with van der Waals surface area (Å²) < 4.78 is 16.0. The van der Waals surface area contributed by atoms with Gasteiger partial charge in [0.2, 0.25) is 5.78 Å². The predicted molar refractivity (Wildman–Crippen MR) is 106 cm³/mol. The molecule has 0 amide bonds. The zero-order chi connectivity index (χ0) is 19.9. The van der Waals surface area contributed by atoms with Crippen molar-refractivity contribution in [3.63, 3.8) is 0 Å². The minimum absolute atomic E-state index is 0.262. The van der Waals surface area contributed by atoms with E-state index in [-0.39, 0.29) is 19.0 Å². The molecule has 0 unspecified atom stereocenters. The van der Waals surface area contributed by atoms with E-state index in [1.165, 1.54) is 0 Å². The average Bonchev–Trinajstić information content (AvgIpc) is 3.16. The van der Waals surface area contributed by atoms with Gasteiger partial charge in [-0.3, -0.25) is 4.79 Å². The maximum Gasteiger partial charge on any atom is 0.344 e. The summed E-state index contributed by atoms with van der Waals surface area (Å²) in [5.41, 5.74) is 2.59. The van der Waals surface area contributed by atoms with Gasteiger partial charge in [0, 0.05) is 22.7 Å². The Balaban J connectivity index is 1.57.